The molecule has 3 N–H and O–H groups in total. The molecule has 0 bridgehead atoms. The molecular formula is C16H18N2O6S2. The van der Waals surface area contributed by atoms with Crippen LogP contribution in [0, 0.1) is 0 Å². The Bertz CT molecular complexity index is 784. The molecule has 1 aromatic carbocycles. The molecule has 140 valence electrons. The van der Waals surface area contributed by atoms with E-state index < -0.39 is 56.3 Å². The van der Waals surface area contributed by atoms with Crippen LogP contribution in [0.4, 0.5) is 0 Å². The van der Waals surface area contributed by atoms with Gasteiger partial charge in [-0.2, -0.15) is 0 Å². The summed E-state index contributed by atoms with van der Waals surface area (Å²) in [5.74, 6) is -2.33. The van der Waals surface area contributed by atoms with Crippen molar-refractivity contribution in [2.45, 2.75) is 41.3 Å². The highest BCUT2D eigenvalue weighted by Crippen LogP contribution is 2.50. The van der Waals surface area contributed by atoms with E-state index in [4.69, 9.17) is 0 Å². The lowest BCUT2D eigenvalue weighted by Gasteiger charge is -2.43. The second kappa shape index (κ2) is 6.67. The lowest BCUT2D eigenvalue weighted by molar-refractivity contribution is -0.161. The van der Waals surface area contributed by atoms with Crippen LogP contribution in [0.15, 0.2) is 30.3 Å². The number of carboxylic acids is 1. The van der Waals surface area contributed by atoms with Gasteiger partial charge in [0.05, 0.1) is 0 Å². The van der Waals surface area contributed by atoms with Crippen LogP contribution in [-0.2, 0) is 25.5 Å². The van der Waals surface area contributed by atoms with E-state index in [1.807, 2.05) is 0 Å². The minimum atomic E-state index is -2.46. The van der Waals surface area contributed by atoms with E-state index in [2.05, 4.69) is 5.32 Å². The number of rotatable bonds is 5. The Kier molecular flexibility index (Phi) is 4.84. The number of nitrogens with zero attached hydrogens (tertiary/aromatic N) is 1. The molecule has 8 nitrogen and oxygen atoms in total. The fraction of sp³-hybridized carbons (Fsp3) is 0.438. The van der Waals surface area contributed by atoms with Crippen molar-refractivity contribution in [1.82, 2.24) is 10.2 Å². The van der Waals surface area contributed by atoms with Crippen LogP contribution >= 0.6 is 11.8 Å². The number of carbonyl (C=O) groups is 3. The van der Waals surface area contributed by atoms with Crippen LogP contribution in [0.25, 0.3) is 0 Å². The van der Waals surface area contributed by atoms with E-state index in [9.17, 15) is 28.3 Å². The number of carbonyl (C=O) groups excluding carboxylic acids is 2. The average Bonchev–Trinajstić information content (AvgIpc) is 2.82. The minimum absolute atomic E-state index is 0.359. The van der Waals surface area contributed by atoms with Crippen LogP contribution in [0.1, 0.15) is 24.7 Å². The molecule has 2 heterocycles. The lowest BCUT2D eigenvalue weighted by atomic mass is 9.96. The summed E-state index contributed by atoms with van der Waals surface area (Å²) >= 11 is -1.17. The molecule has 0 spiro atoms. The first-order valence-electron chi connectivity index (χ1n) is 7.83. The van der Waals surface area contributed by atoms with Crippen LogP contribution < -0.4 is 5.32 Å². The first kappa shape index (κ1) is 18.9. The number of β-lactam (4-membered cyclic amide) rings is 1. The number of hydrogen-bond donors (Lipinski definition) is 3. The zero-order chi connectivity index (χ0) is 19.2. The topological polar surface area (TPSA) is 124 Å². The summed E-state index contributed by atoms with van der Waals surface area (Å²) in [5.41, 5.74) is 0.359. The summed E-state index contributed by atoms with van der Waals surface area (Å²) in [6.07, 6.45) is 0. The van der Waals surface area contributed by atoms with Gasteiger partial charge in [-0.15, -0.1) is 11.8 Å². The molecule has 3 rings (SSSR count). The van der Waals surface area contributed by atoms with Crippen molar-refractivity contribution in [1.29, 1.82) is 0 Å². The summed E-state index contributed by atoms with van der Waals surface area (Å²) in [6.45, 7) is 3.47. The Labute approximate surface area is 156 Å². The summed E-state index contributed by atoms with van der Waals surface area (Å²) in [6, 6.07) is 6.23. The van der Waals surface area contributed by atoms with Crippen LogP contribution in [0.2, 0.25) is 0 Å². The second-order valence-electron chi connectivity index (χ2n) is 6.65. The molecule has 26 heavy (non-hydrogen) atoms. The summed E-state index contributed by atoms with van der Waals surface area (Å²) in [5, 5.41) is 10.1. The van der Waals surface area contributed by atoms with Crippen molar-refractivity contribution in [3.05, 3.63) is 35.9 Å². The van der Waals surface area contributed by atoms with Crippen LogP contribution in [-0.4, -0.2) is 58.8 Å². The van der Waals surface area contributed by atoms with Gasteiger partial charge in [0.15, 0.2) is 16.3 Å². The maximum atomic E-state index is 12.5. The monoisotopic (exact) mass is 398 g/mol. The molecule has 0 radical (unpaired) electrons. The highest BCUT2D eigenvalue weighted by molar-refractivity contribution is 8.01. The van der Waals surface area contributed by atoms with E-state index in [0.29, 0.717) is 5.56 Å². The van der Waals surface area contributed by atoms with E-state index in [1.165, 1.54) is 16.7 Å². The lowest BCUT2D eigenvalue weighted by Crippen LogP contribution is -2.71. The number of hydrogen-bond acceptors (Lipinski definition) is 5. The highest BCUT2D eigenvalue weighted by atomic mass is 32.2. The third-order valence-electron chi connectivity index (χ3n) is 4.51. The van der Waals surface area contributed by atoms with Crippen molar-refractivity contribution in [2.24, 2.45) is 0 Å². The van der Waals surface area contributed by atoms with Crippen molar-refractivity contribution in [3.8, 4) is 0 Å². The zero-order valence-electron chi connectivity index (χ0n) is 14.0. The van der Waals surface area contributed by atoms with Gasteiger partial charge in [-0.3, -0.25) is 9.59 Å². The Morgan fingerprint density at radius 2 is 1.92 bits per heavy atom. The molecule has 2 unspecified atom stereocenters. The van der Waals surface area contributed by atoms with Crippen molar-refractivity contribution in [2.75, 3.05) is 0 Å². The fourth-order valence-corrected chi connectivity index (χ4v) is 5.63. The molecule has 2 aliphatic rings. The van der Waals surface area contributed by atoms with Gasteiger partial charge in [0.1, 0.15) is 17.5 Å². The van der Waals surface area contributed by atoms with Gasteiger partial charge in [-0.1, -0.05) is 30.3 Å². The number of benzene rings is 1. The normalized spacial score (nSPS) is 28.7. The SMILES string of the molecule is CC1(C)S[C@@H]2[C@H](NC(=O)C(c3ccccc3)S(=O)O)C(=O)N2[C@H]1C(=O)O. The Balaban J connectivity index is 1.78. The maximum Gasteiger partial charge on any atom is 0.327 e. The molecule has 0 aliphatic carbocycles. The molecule has 2 aliphatic heterocycles. The standard InChI is InChI=1S/C16H18N2O6S2/c1-16(2)11(15(21)22)18-13(20)9(14(18)25-16)17-12(19)10(26(23)24)8-6-4-3-5-7-8/h3-7,9-11,14H,1-2H3,(H,17,19)(H,21,22)(H,23,24)/t9-,10?,11+,14-/m1/s1. The van der Waals surface area contributed by atoms with E-state index in [-0.39, 0.29) is 0 Å². The van der Waals surface area contributed by atoms with Crippen molar-refractivity contribution in [3.63, 3.8) is 0 Å². The maximum absolute atomic E-state index is 12.5. The molecule has 0 aromatic heterocycles. The van der Waals surface area contributed by atoms with Gasteiger partial charge in [0.2, 0.25) is 11.8 Å². The average molecular weight is 398 g/mol. The number of amides is 2. The fourth-order valence-electron chi connectivity index (χ4n) is 3.36. The van der Waals surface area contributed by atoms with Crippen LogP contribution in [0.3, 0.4) is 0 Å². The molecule has 10 heteroatoms. The predicted molar refractivity (Wildman–Crippen MR) is 95.6 cm³/mol. The first-order chi connectivity index (χ1) is 12.1. The third kappa shape index (κ3) is 3.01. The van der Waals surface area contributed by atoms with Gasteiger partial charge in [-0.25, -0.2) is 9.00 Å². The number of carboxylic acid groups (broad SMARTS) is 1. The van der Waals surface area contributed by atoms with Gasteiger partial charge >= 0.3 is 5.97 Å². The molecule has 2 amide bonds. The van der Waals surface area contributed by atoms with Crippen molar-refractivity contribution >= 4 is 40.6 Å². The number of thioether (sulfide) groups is 1. The predicted octanol–water partition coefficient (Wildman–Crippen LogP) is 0.581. The molecular weight excluding hydrogens is 380 g/mol. The number of nitrogens with one attached hydrogen (secondary N) is 1. The molecule has 2 fully saturated rings. The largest absolute Gasteiger partial charge is 0.480 e. The Hall–Kier alpha value is -1.91. The summed E-state index contributed by atoms with van der Waals surface area (Å²) < 4.78 is 20.5. The summed E-state index contributed by atoms with van der Waals surface area (Å²) in [7, 11) is 0. The van der Waals surface area contributed by atoms with Gasteiger partial charge in [0, 0.05) is 4.75 Å². The summed E-state index contributed by atoms with van der Waals surface area (Å²) in [4.78, 5) is 37.7. The Morgan fingerprint density at radius 3 is 2.46 bits per heavy atom. The zero-order valence-corrected chi connectivity index (χ0v) is 15.6. The second-order valence-corrected chi connectivity index (χ2v) is 9.45. The van der Waals surface area contributed by atoms with E-state index in [0.717, 1.165) is 0 Å². The minimum Gasteiger partial charge on any atom is -0.480 e. The van der Waals surface area contributed by atoms with Gasteiger partial charge in [-0.05, 0) is 19.4 Å². The first-order valence-corrected chi connectivity index (χ1v) is 9.88. The smallest absolute Gasteiger partial charge is 0.327 e. The van der Waals surface area contributed by atoms with Crippen molar-refractivity contribution < 1.29 is 28.3 Å². The quantitative estimate of drug-likeness (QED) is 0.490. The molecule has 5 atom stereocenters. The highest BCUT2D eigenvalue weighted by Gasteiger charge is 2.64. The number of aliphatic carboxylic acids is 1. The third-order valence-corrected chi connectivity index (χ3v) is 6.98. The Morgan fingerprint density at radius 1 is 1.31 bits per heavy atom. The molecule has 0 saturated carbocycles. The van der Waals surface area contributed by atoms with Gasteiger partial charge < -0.3 is 19.9 Å². The molecule has 2 saturated heterocycles. The van der Waals surface area contributed by atoms with E-state index >= 15 is 0 Å². The van der Waals surface area contributed by atoms with Gasteiger partial charge in [0.25, 0.3) is 0 Å². The number of fused-ring (bicyclic) bond motifs is 1. The molecule has 1 aromatic rings. The van der Waals surface area contributed by atoms with E-state index in [1.54, 1.807) is 44.2 Å². The van der Waals surface area contributed by atoms with Crippen LogP contribution in [0.5, 0.6) is 0 Å².